The zero-order chi connectivity index (χ0) is 12.6. The highest BCUT2D eigenvalue weighted by molar-refractivity contribution is 9.10. The molecule has 0 amide bonds. The van der Waals surface area contributed by atoms with Gasteiger partial charge in [0.25, 0.3) is 0 Å². The molecule has 0 unspecified atom stereocenters. The van der Waals surface area contributed by atoms with Crippen LogP contribution in [0.25, 0.3) is 0 Å². The van der Waals surface area contributed by atoms with E-state index in [0.717, 1.165) is 12.1 Å². The molecule has 2 nitrogen and oxygen atoms in total. The van der Waals surface area contributed by atoms with Gasteiger partial charge in [-0.1, -0.05) is 6.07 Å². The second kappa shape index (κ2) is 4.12. The van der Waals surface area contributed by atoms with Crippen molar-refractivity contribution >= 4 is 15.9 Å². The van der Waals surface area contributed by atoms with Crippen LogP contribution in [-0.4, -0.2) is 16.0 Å². The Morgan fingerprint density at radius 3 is 2.25 bits per heavy atom. The Labute approximate surface area is 97.0 Å². The molecule has 1 aromatic rings. The van der Waals surface area contributed by atoms with Crippen molar-refractivity contribution in [1.82, 2.24) is 0 Å². The predicted molar refractivity (Wildman–Crippen MR) is 52.3 cm³/mol. The van der Waals surface area contributed by atoms with E-state index in [1.54, 1.807) is 6.92 Å². The van der Waals surface area contributed by atoms with Gasteiger partial charge < -0.3 is 9.84 Å². The molecule has 0 aliphatic carbocycles. The smallest absolute Gasteiger partial charge is 0.475 e. The summed E-state index contributed by atoms with van der Waals surface area (Å²) in [4.78, 5) is -4.52. The van der Waals surface area contributed by atoms with Gasteiger partial charge in [0.15, 0.2) is 11.5 Å². The number of ether oxygens (including phenoxy) is 1. The standard InChI is InChI=1S/C9H7BrF4O2/c1-5-2-3-7(6(15)4-5)16-9(13,14)8(10,11)12/h2-4,15H,1H3. The molecule has 0 radical (unpaired) electrons. The number of phenols is 1. The van der Waals surface area contributed by atoms with E-state index in [4.69, 9.17) is 0 Å². The Hall–Kier alpha value is -0.980. The van der Waals surface area contributed by atoms with Crippen LogP contribution in [0.3, 0.4) is 0 Å². The first-order valence-corrected chi connectivity index (χ1v) is 4.86. The summed E-state index contributed by atoms with van der Waals surface area (Å²) in [7, 11) is 0. The monoisotopic (exact) mass is 302 g/mol. The molecule has 0 aromatic heterocycles. The molecule has 16 heavy (non-hydrogen) atoms. The summed E-state index contributed by atoms with van der Waals surface area (Å²) in [5.74, 6) is -1.34. The zero-order valence-electron chi connectivity index (χ0n) is 7.98. The van der Waals surface area contributed by atoms with Crippen LogP contribution in [0.5, 0.6) is 11.5 Å². The van der Waals surface area contributed by atoms with E-state index < -0.39 is 22.4 Å². The third kappa shape index (κ3) is 2.78. The van der Waals surface area contributed by atoms with Gasteiger partial charge in [-0.2, -0.15) is 17.6 Å². The number of hydrogen-bond acceptors (Lipinski definition) is 2. The minimum atomic E-state index is -4.75. The first-order valence-electron chi connectivity index (χ1n) is 4.06. The number of benzene rings is 1. The van der Waals surface area contributed by atoms with Crippen LogP contribution in [0, 0.1) is 6.92 Å². The number of halogens is 5. The van der Waals surface area contributed by atoms with Gasteiger partial charge in [0.2, 0.25) is 0 Å². The zero-order valence-corrected chi connectivity index (χ0v) is 9.56. The molecule has 0 saturated carbocycles. The average molecular weight is 303 g/mol. The third-order valence-electron chi connectivity index (χ3n) is 1.68. The summed E-state index contributed by atoms with van der Waals surface area (Å²) < 4.78 is 54.0. The summed E-state index contributed by atoms with van der Waals surface area (Å²) >= 11 is 1.51. The van der Waals surface area contributed by atoms with E-state index in [2.05, 4.69) is 4.74 Å². The molecule has 0 spiro atoms. The molecule has 1 rings (SSSR count). The molecular weight excluding hydrogens is 296 g/mol. The summed E-state index contributed by atoms with van der Waals surface area (Å²) in [6.45, 7) is 1.60. The molecule has 0 fully saturated rings. The Bertz CT molecular complexity index is 390. The minimum Gasteiger partial charge on any atom is -0.504 e. The highest BCUT2D eigenvalue weighted by Gasteiger charge is 2.58. The van der Waals surface area contributed by atoms with E-state index in [1.807, 2.05) is 0 Å². The number of aromatic hydroxyl groups is 1. The van der Waals surface area contributed by atoms with Gasteiger partial charge in [-0.3, -0.25) is 0 Å². The first-order chi connectivity index (χ1) is 7.13. The van der Waals surface area contributed by atoms with Crippen LogP contribution in [0.15, 0.2) is 18.2 Å². The molecule has 7 heteroatoms. The Morgan fingerprint density at radius 2 is 1.81 bits per heavy atom. The normalized spacial score (nSPS) is 12.6. The van der Waals surface area contributed by atoms with Crippen molar-refractivity contribution in [3.05, 3.63) is 23.8 Å². The van der Waals surface area contributed by atoms with Gasteiger partial charge in [0.05, 0.1) is 0 Å². The third-order valence-corrected chi connectivity index (χ3v) is 2.14. The summed E-state index contributed by atoms with van der Waals surface area (Å²) in [6, 6.07) is 3.45. The second-order valence-corrected chi connectivity index (χ2v) is 4.08. The lowest BCUT2D eigenvalue weighted by molar-refractivity contribution is -0.266. The van der Waals surface area contributed by atoms with Gasteiger partial charge in [-0.05, 0) is 24.6 Å². The Balaban J connectivity index is 2.97. The molecule has 0 heterocycles. The highest BCUT2D eigenvalue weighted by atomic mass is 79.9. The number of phenolic OH excluding ortho intramolecular Hbond substituents is 1. The number of alkyl halides is 5. The van der Waals surface area contributed by atoms with Crippen LogP contribution in [0.2, 0.25) is 0 Å². The lowest BCUT2D eigenvalue weighted by Gasteiger charge is -2.22. The molecule has 0 aliphatic heterocycles. The van der Waals surface area contributed by atoms with E-state index in [-0.39, 0.29) is 0 Å². The molecule has 1 aromatic carbocycles. The fourth-order valence-electron chi connectivity index (χ4n) is 0.910. The summed E-state index contributed by atoms with van der Waals surface area (Å²) in [5, 5.41) is 9.20. The van der Waals surface area contributed by atoms with Crippen LogP contribution in [0.4, 0.5) is 17.6 Å². The van der Waals surface area contributed by atoms with Crippen LogP contribution < -0.4 is 4.74 Å². The van der Waals surface area contributed by atoms with Crippen molar-refractivity contribution < 1.29 is 27.4 Å². The first kappa shape index (κ1) is 13.1. The molecule has 0 aliphatic rings. The van der Waals surface area contributed by atoms with Gasteiger partial charge in [0.1, 0.15) is 0 Å². The summed E-state index contributed by atoms with van der Waals surface area (Å²) in [6.07, 6.45) is -4.75. The maximum Gasteiger partial charge on any atom is 0.475 e. The summed E-state index contributed by atoms with van der Waals surface area (Å²) in [5.41, 5.74) is 0.582. The minimum absolute atomic E-state index is 0.582. The predicted octanol–water partition coefficient (Wildman–Crippen LogP) is 3.66. The van der Waals surface area contributed by atoms with Crippen LogP contribution >= 0.6 is 15.9 Å². The second-order valence-electron chi connectivity index (χ2n) is 3.09. The molecule has 0 bridgehead atoms. The Kier molecular flexibility index (Phi) is 3.37. The van der Waals surface area contributed by atoms with E-state index in [1.165, 1.54) is 22.0 Å². The number of aryl methyl sites for hydroxylation is 1. The fourth-order valence-corrected chi connectivity index (χ4v) is 0.991. The average Bonchev–Trinajstić information content (AvgIpc) is 2.08. The maximum atomic E-state index is 12.8. The van der Waals surface area contributed by atoms with Crippen molar-refractivity contribution in [3.8, 4) is 11.5 Å². The molecule has 0 saturated heterocycles. The van der Waals surface area contributed by atoms with E-state index in [9.17, 15) is 22.7 Å². The molecular formula is C9H7BrF4O2. The molecule has 0 atom stereocenters. The fraction of sp³-hybridized carbons (Fsp3) is 0.333. The van der Waals surface area contributed by atoms with Gasteiger partial charge in [-0.25, -0.2) is 0 Å². The largest absolute Gasteiger partial charge is 0.504 e. The topological polar surface area (TPSA) is 29.5 Å². The Morgan fingerprint density at radius 1 is 1.25 bits per heavy atom. The lowest BCUT2D eigenvalue weighted by atomic mass is 10.2. The lowest BCUT2D eigenvalue weighted by Crippen LogP contribution is -2.40. The molecule has 1 N–H and O–H groups in total. The van der Waals surface area contributed by atoms with Gasteiger partial charge in [0, 0.05) is 15.9 Å². The quantitative estimate of drug-likeness (QED) is 0.682. The van der Waals surface area contributed by atoms with Gasteiger partial charge >= 0.3 is 10.9 Å². The van der Waals surface area contributed by atoms with Crippen LogP contribution in [0.1, 0.15) is 5.56 Å². The van der Waals surface area contributed by atoms with E-state index in [0.29, 0.717) is 5.56 Å². The van der Waals surface area contributed by atoms with Crippen LogP contribution in [-0.2, 0) is 0 Å². The van der Waals surface area contributed by atoms with Crippen molar-refractivity contribution in [3.63, 3.8) is 0 Å². The molecule has 90 valence electrons. The van der Waals surface area contributed by atoms with E-state index >= 15 is 0 Å². The highest BCUT2D eigenvalue weighted by Crippen LogP contribution is 2.42. The number of rotatable bonds is 3. The van der Waals surface area contributed by atoms with Gasteiger partial charge in [-0.15, -0.1) is 0 Å². The SMILES string of the molecule is Cc1ccc(OC(F)(F)C(F)(F)Br)c(O)c1. The van der Waals surface area contributed by atoms with Crippen molar-refractivity contribution in [2.45, 2.75) is 17.9 Å². The maximum absolute atomic E-state index is 12.8. The van der Waals surface area contributed by atoms with Crippen molar-refractivity contribution in [2.75, 3.05) is 0 Å². The van der Waals surface area contributed by atoms with Crippen molar-refractivity contribution in [1.29, 1.82) is 0 Å². The van der Waals surface area contributed by atoms with Crippen molar-refractivity contribution in [2.24, 2.45) is 0 Å². The number of hydrogen-bond donors (Lipinski definition) is 1.